The Morgan fingerprint density at radius 2 is 2.10 bits per heavy atom. The van der Waals surface area contributed by atoms with Gasteiger partial charge in [-0.3, -0.25) is 4.57 Å². The molecule has 2 aromatic rings. The minimum absolute atomic E-state index is 0.0802. The predicted octanol–water partition coefficient (Wildman–Crippen LogP) is 1.22. The Morgan fingerprint density at radius 3 is 2.85 bits per heavy atom. The highest BCUT2D eigenvalue weighted by Gasteiger charge is 2.40. The second-order valence-electron chi connectivity index (χ2n) is 5.32. The third kappa shape index (κ3) is 1.94. The van der Waals surface area contributed by atoms with Crippen LogP contribution in [0.3, 0.4) is 0 Å². The topological polar surface area (TPSA) is 88.1 Å². The van der Waals surface area contributed by atoms with Crippen LogP contribution in [0.15, 0.2) is 12.7 Å². The molecule has 1 saturated heterocycles. The molecule has 0 unspecified atom stereocenters. The van der Waals surface area contributed by atoms with Crippen LogP contribution in [0.25, 0.3) is 11.2 Å². The molecule has 7 nitrogen and oxygen atoms in total. The zero-order valence-electron chi connectivity index (χ0n) is 11.9. The van der Waals surface area contributed by atoms with Gasteiger partial charge in [0.25, 0.3) is 0 Å². The summed E-state index contributed by atoms with van der Waals surface area (Å²) < 4.78 is 13.3. The van der Waals surface area contributed by atoms with Crippen molar-refractivity contribution in [3.05, 3.63) is 12.7 Å². The number of rotatable bonds is 3. The molecule has 1 aliphatic rings. The van der Waals surface area contributed by atoms with Gasteiger partial charge in [0.15, 0.2) is 11.5 Å². The number of ether oxygens (including phenoxy) is 2. The molecule has 4 atom stereocenters. The highest BCUT2D eigenvalue weighted by atomic mass is 16.5. The van der Waals surface area contributed by atoms with Crippen LogP contribution < -0.4 is 5.73 Å². The first-order valence-electron chi connectivity index (χ1n) is 6.71. The lowest BCUT2D eigenvalue weighted by Gasteiger charge is -2.17. The number of hydrogen-bond donors (Lipinski definition) is 1. The molecule has 0 radical (unpaired) electrons. The van der Waals surface area contributed by atoms with Gasteiger partial charge in [0.05, 0.1) is 19.0 Å². The van der Waals surface area contributed by atoms with E-state index in [1.165, 1.54) is 6.33 Å². The molecule has 3 heterocycles. The minimum atomic E-state index is -0.107. The van der Waals surface area contributed by atoms with Gasteiger partial charge in [-0.1, -0.05) is 13.8 Å². The lowest BCUT2D eigenvalue weighted by Crippen LogP contribution is -2.21. The van der Waals surface area contributed by atoms with Crippen LogP contribution in [-0.2, 0) is 9.47 Å². The Kier molecular flexibility index (Phi) is 3.31. The van der Waals surface area contributed by atoms with E-state index in [0.717, 1.165) is 0 Å². The fourth-order valence-corrected chi connectivity index (χ4v) is 2.76. The molecule has 3 rings (SSSR count). The second kappa shape index (κ2) is 4.99. The fourth-order valence-electron chi connectivity index (χ4n) is 2.76. The van der Waals surface area contributed by atoms with Crippen LogP contribution in [-0.4, -0.2) is 39.3 Å². The summed E-state index contributed by atoms with van der Waals surface area (Å²) in [4.78, 5) is 12.5. The summed E-state index contributed by atoms with van der Waals surface area (Å²) in [5.74, 6) is 1.13. The molecule has 0 aromatic carbocycles. The van der Waals surface area contributed by atoms with E-state index in [1.54, 1.807) is 13.4 Å². The molecule has 0 aliphatic carbocycles. The van der Waals surface area contributed by atoms with Gasteiger partial charge in [-0.25, -0.2) is 15.0 Å². The highest BCUT2D eigenvalue weighted by Crippen LogP contribution is 2.40. The average molecular weight is 277 g/mol. The summed E-state index contributed by atoms with van der Waals surface area (Å²) >= 11 is 0. The number of nitrogens with two attached hydrogens (primary N) is 1. The van der Waals surface area contributed by atoms with Gasteiger partial charge in [0, 0.05) is 13.0 Å². The number of nitrogen functional groups attached to an aromatic ring is 1. The minimum Gasteiger partial charge on any atom is -0.382 e. The van der Waals surface area contributed by atoms with Crippen molar-refractivity contribution in [3.8, 4) is 0 Å². The maximum Gasteiger partial charge on any atom is 0.167 e. The third-order valence-electron chi connectivity index (χ3n) is 4.17. The van der Waals surface area contributed by atoms with Gasteiger partial charge in [-0.15, -0.1) is 0 Å². The number of imidazole rings is 1. The van der Waals surface area contributed by atoms with Crippen molar-refractivity contribution in [2.45, 2.75) is 26.2 Å². The van der Waals surface area contributed by atoms with Gasteiger partial charge in [-0.05, 0) is 5.92 Å². The highest BCUT2D eigenvalue weighted by molar-refractivity contribution is 5.81. The lowest BCUT2D eigenvalue weighted by atomic mass is 9.93. The molecule has 108 valence electrons. The molecule has 20 heavy (non-hydrogen) atoms. The quantitative estimate of drug-likeness (QED) is 0.907. The smallest absolute Gasteiger partial charge is 0.167 e. The van der Waals surface area contributed by atoms with E-state index < -0.39 is 0 Å². The number of anilines is 1. The van der Waals surface area contributed by atoms with E-state index >= 15 is 0 Å². The second-order valence-corrected chi connectivity index (χ2v) is 5.32. The monoisotopic (exact) mass is 277 g/mol. The van der Waals surface area contributed by atoms with E-state index in [1.807, 2.05) is 4.57 Å². The van der Waals surface area contributed by atoms with Crippen LogP contribution in [0.1, 0.15) is 20.1 Å². The molecule has 0 saturated carbocycles. The van der Waals surface area contributed by atoms with Crippen molar-refractivity contribution < 1.29 is 9.47 Å². The largest absolute Gasteiger partial charge is 0.382 e. The third-order valence-corrected chi connectivity index (χ3v) is 4.17. The van der Waals surface area contributed by atoms with Crippen molar-refractivity contribution in [2.75, 3.05) is 19.5 Å². The van der Waals surface area contributed by atoms with Gasteiger partial charge < -0.3 is 15.2 Å². The Hall–Kier alpha value is -1.73. The first kappa shape index (κ1) is 13.3. The first-order chi connectivity index (χ1) is 9.63. The van der Waals surface area contributed by atoms with E-state index in [-0.39, 0.29) is 12.3 Å². The normalized spacial score (nSPS) is 30.1. The SMILES string of the molecule is COC[C@H]1O[C@@H](n2cnc3c(N)ncnc32)[C@@H](C)[C@@H]1C. The molecule has 0 bridgehead atoms. The maximum absolute atomic E-state index is 6.12. The number of hydrogen-bond acceptors (Lipinski definition) is 6. The molecule has 1 aliphatic heterocycles. The van der Waals surface area contributed by atoms with E-state index in [2.05, 4.69) is 28.8 Å². The zero-order valence-corrected chi connectivity index (χ0v) is 11.9. The van der Waals surface area contributed by atoms with E-state index in [9.17, 15) is 0 Å². The number of methoxy groups -OCH3 is 1. The Bertz CT molecular complexity index is 614. The summed E-state index contributed by atoms with van der Waals surface area (Å²) in [6, 6.07) is 0. The Labute approximate surface area is 117 Å². The van der Waals surface area contributed by atoms with Crippen LogP contribution in [0.2, 0.25) is 0 Å². The standard InChI is InChI=1S/C13H19N5O2/c1-7-8(2)13(20-9(7)4-19-3)18-6-17-10-11(14)15-5-16-12(10)18/h5-9,13H,4H2,1-3H3,(H2,14,15,16)/t7-,8-,9+,13+/m0/s1. The van der Waals surface area contributed by atoms with E-state index in [4.69, 9.17) is 15.2 Å². The molecule has 2 aromatic heterocycles. The van der Waals surface area contributed by atoms with Gasteiger partial charge >= 0.3 is 0 Å². The van der Waals surface area contributed by atoms with Crippen molar-refractivity contribution in [1.82, 2.24) is 19.5 Å². The summed E-state index contributed by atoms with van der Waals surface area (Å²) in [5.41, 5.74) is 7.14. The molecule has 7 heteroatoms. The van der Waals surface area contributed by atoms with Crippen molar-refractivity contribution in [3.63, 3.8) is 0 Å². The molecular formula is C13H19N5O2. The fraction of sp³-hybridized carbons (Fsp3) is 0.615. The van der Waals surface area contributed by atoms with Crippen LogP contribution >= 0.6 is 0 Å². The van der Waals surface area contributed by atoms with Gasteiger partial charge in [-0.2, -0.15) is 0 Å². The summed E-state index contributed by atoms with van der Waals surface area (Å²) in [6.45, 7) is 4.93. The predicted molar refractivity (Wildman–Crippen MR) is 73.8 cm³/mol. The van der Waals surface area contributed by atoms with Gasteiger partial charge in [0.1, 0.15) is 18.1 Å². The molecule has 1 fully saturated rings. The molecule has 0 spiro atoms. The van der Waals surface area contributed by atoms with E-state index in [0.29, 0.717) is 35.4 Å². The van der Waals surface area contributed by atoms with Crippen LogP contribution in [0.4, 0.5) is 5.82 Å². The first-order valence-corrected chi connectivity index (χ1v) is 6.71. The summed E-state index contributed by atoms with van der Waals surface area (Å²) in [7, 11) is 1.69. The molecular weight excluding hydrogens is 258 g/mol. The zero-order chi connectivity index (χ0) is 14.3. The van der Waals surface area contributed by atoms with Gasteiger partial charge in [0.2, 0.25) is 0 Å². The van der Waals surface area contributed by atoms with Crippen LogP contribution in [0.5, 0.6) is 0 Å². The number of fused-ring (bicyclic) bond motifs is 1. The molecule has 2 N–H and O–H groups in total. The van der Waals surface area contributed by atoms with Crippen LogP contribution in [0, 0.1) is 11.8 Å². The summed E-state index contributed by atoms with van der Waals surface area (Å²) in [6.07, 6.45) is 3.14. The Balaban J connectivity index is 1.97. The number of aromatic nitrogens is 4. The van der Waals surface area contributed by atoms with Crippen molar-refractivity contribution in [1.29, 1.82) is 0 Å². The maximum atomic E-state index is 6.12. The van der Waals surface area contributed by atoms with Crippen molar-refractivity contribution in [2.24, 2.45) is 11.8 Å². The number of nitrogens with zero attached hydrogens (tertiary/aromatic N) is 4. The molecule has 0 amide bonds. The lowest BCUT2D eigenvalue weighted by molar-refractivity contribution is -0.0421. The van der Waals surface area contributed by atoms with Crippen molar-refractivity contribution >= 4 is 17.0 Å². The Morgan fingerprint density at radius 1 is 1.30 bits per heavy atom. The summed E-state index contributed by atoms with van der Waals surface area (Å²) in [5, 5.41) is 0. The average Bonchev–Trinajstić information content (AvgIpc) is 2.97.